The highest BCUT2D eigenvalue weighted by molar-refractivity contribution is 7.99. The van der Waals surface area contributed by atoms with E-state index in [1.165, 1.54) is 23.1 Å². The highest BCUT2D eigenvalue weighted by atomic mass is 32.2. The van der Waals surface area contributed by atoms with Gasteiger partial charge >= 0.3 is 5.97 Å². The second-order valence-electron chi connectivity index (χ2n) is 4.94. The molecule has 0 aliphatic carbocycles. The number of rotatable bonds is 8. The third-order valence-corrected chi connectivity index (χ3v) is 4.32. The van der Waals surface area contributed by atoms with Crippen molar-refractivity contribution in [3.8, 4) is 0 Å². The van der Waals surface area contributed by atoms with Crippen molar-refractivity contribution < 1.29 is 9.53 Å². The molecular weight excluding hydrogens is 270 g/mol. The lowest BCUT2D eigenvalue weighted by Gasteiger charge is -2.16. The van der Waals surface area contributed by atoms with E-state index in [0.717, 1.165) is 25.1 Å². The average molecular weight is 295 g/mol. The van der Waals surface area contributed by atoms with Crippen LogP contribution < -0.4 is 5.32 Å². The molecule has 1 N–H and O–H groups in total. The van der Waals surface area contributed by atoms with Crippen molar-refractivity contribution in [1.29, 1.82) is 0 Å². The average Bonchev–Trinajstić information content (AvgIpc) is 2.45. The first-order chi connectivity index (χ1) is 9.58. The summed E-state index contributed by atoms with van der Waals surface area (Å²) in [6, 6.07) is 6.27. The van der Waals surface area contributed by atoms with Crippen LogP contribution in [0.3, 0.4) is 0 Å². The summed E-state index contributed by atoms with van der Waals surface area (Å²) in [4.78, 5) is 13.0. The van der Waals surface area contributed by atoms with Gasteiger partial charge in [-0.2, -0.15) is 0 Å². The number of aryl methyl sites for hydroxylation is 2. The van der Waals surface area contributed by atoms with E-state index in [9.17, 15) is 4.79 Å². The third-order valence-electron chi connectivity index (χ3n) is 3.13. The van der Waals surface area contributed by atoms with E-state index in [1.54, 1.807) is 11.8 Å². The summed E-state index contributed by atoms with van der Waals surface area (Å²) in [5, 5.41) is 3.24. The minimum absolute atomic E-state index is 0.167. The zero-order chi connectivity index (χ0) is 15.0. The lowest BCUT2D eigenvalue weighted by molar-refractivity contribution is -0.143. The molecule has 0 aliphatic heterocycles. The normalized spacial score (nSPS) is 12.2. The first-order valence-electron chi connectivity index (χ1n) is 7.09. The molecule has 0 aliphatic rings. The molecule has 1 aromatic carbocycles. The Morgan fingerprint density at radius 2 is 2.15 bits per heavy atom. The number of nitrogens with one attached hydrogen (secondary N) is 1. The molecule has 4 heteroatoms. The summed E-state index contributed by atoms with van der Waals surface area (Å²) in [6.07, 6.45) is 1.79. The molecule has 0 bridgehead atoms. The second-order valence-corrected chi connectivity index (χ2v) is 6.07. The number of ether oxygens (including phenoxy) is 1. The van der Waals surface area contributed by atoms with Gasteiger partial charge in [0.1, 0.15) is 6.04 Å². The Hall–Kier alpha value is -1.00. The van der Waals surface area contributed by atoms with Gasteiger partial charge in [0.25, 0.3) is 0 Å². The van der Waals surface area contributed by atoms with Gasteiger partial charge in [-0.1, -0.05) is 24.6 Å². The van der Waals surface area contributed by atoms with Crippen LogP contribution in [-0.2, 0) is 9.53 Å². The Morgan fingerprint density at radius 1 is 1.40 bits per heavy atom. The lowest BCUT2D eigenvalue weighted by Crippen LogP contribution is -2.38. The van der Waals surface area contributed by atoms with Gasteiger partial charge in [0.05, 0.1) is 7.11 Å². The Morgan fingerprint density at radius 3 is 2.80 bits per heavy atom. The van der Waals surface area contributed by atoms with Crippen LogP contribution in [0.1, 0.15) is 30.9 Å². The number of hydrogen-bond donors (Lipinski definition) is 1. The van der Waals surface area contributed by atoms with Crippen molar-refractivity contribution in [2.75, 3.05) is 19.4 Å². The quantitative estimate of drug-likeness (QED) is 0.590. The molecular formula is C16H25NO2S. The molecule has 1 rings (SSSR count). The predicted molar refractivity (Wildman–Crippen MR) is 85.4 cm³/mol. The Kier molecular flexibility index (Phi) is 7.70. The fourth-order valence-corrected chi connectivity index (χ4v) is 3.05. The van der Waals surface area contributed by atoms with Crippen molar-refractivity contribution in [3.63, 3.8) is 0 Å². The van der Waals surface area contributed by atoms with Crippen molar-refractivity contribution in [2.45, 2.75) is 44.6 Å². The largest absolute Gasteiger partial charge is 0.468 e. The number of carbonyl (C=O) groups is 1. The minimum Gasteiger partial charge on any atom is -0.468 e. The molecule has 112 valence electrons. The molecule has 20 heavy (non-hydrogen) atoms. The van der Waals surface area contributed by atoms with E-state index in [1.807, 2.05) is 0 Å². The monoisotopic (exact) mass is 295 g/mol. The highest BCUT2D eigenvalue weighted by Gasteiger charge is 2.17. The van der Waals surface area contributed by atoms with Crippen LogP contribution in [0, 0.1) is 13.8 Å². The van der Waals surface area contributed by atoms with Crippen molar-refractivity contribution in [3.05, 3.63) is 29.3 Å². The molecule has 0 saturated carbocycles. The smallest absolute Gasteiger partial charge is 0.322 e. The summed E-state index contributed by atoms with van der Waals surface area (Å²) in [5.41, 5.74) is 2.56. The van der Waals surface area contributed by atoms with E-state index >= 15 is 0 Å². The third kappa shape index (κ3) is 5.55. The molecule has 0 fully saturated rings. The van der Waals surface area contributed by atoms with Gasteiger partial charge in [-0.25, -0.2) is 0 Å². The van der Waals surface area contributed by atoms with Crippen molar-refractivity contribution >= 4 is 17.7 Å². The number of carbonyl (C=O) groups excluding carboxylic acids is 1. The highest BCUT2D eigenvalue weighted by Crippen LogP contribution is 2.24. The van der Waals surface area contributed by atoms with Gasteiger partial charge in [-0.3, -0.25) is 4.79 Å². The topological polar surface area (TPSA) is 38.3 Å². The zero-order valence-corrected chi connectivity index (χ0v) is 13.7. The Bertz CT molecular complexity index is 434. The lowest BCUT2D eigenvalue weighted by atomic mass is 10.2. The van der Waals surface area contributed by atoms with Crippen LogP contribution in [0.25, 0.3) is 0 Å². The van der Waals surface area contributed by atoms with Crippen LogP contribution in [0.5, 0.6) is 0 Å². The summed E-state index contributed by atoms with van der Waals surface area (Å²) in [6.45, 7) is 7.15. The maximum absolute atomic E-state index is 11.7. The fourth-order valence-electron chi connectivity index (χ4n) is 1.91. The summed E-state index contributed by atoms with van der Waals surface area (Å²) in [5.74, 6) is 0.737. The summed E-state index contributed by atoms with van der Waals surface area (Å²) < 4.78 is 4.84. The SMILES string of the molecule is CCCNC(CCSc1cc(C)ccc1C)C(=O)OC. The van der Waals surface area contributed by atoms with E-state index < -0.39 is 0 Å². The van der Waals surface area contributed by atoms with Gasteiger partial charge in [0.2, 0.25) is 0 Å². The molecule has 0 saturated heterocycles. The molecule has 0 aromatic heterocycles. The van der Waals surface area contributed by atoms with Gasteiger partial charge in [0.15, 0.2) is 0 Å². The summed E-state index contributed by atoms with van der Waals surface area (Å²) in [7, 11) is 1.45. The standard InChI is InChI=1S/C16H25NO2S/c1-5-9-17-14(16(18)19-4)8-10-20-15-11-12(2)6-7-13(15)3/h6-7,11,14,17H,5,8-10H2,1-4H3. The number of methoxy groups -OCH3 is 1. The first kappa shape index (κ1) is 17.1. The molecule has 1 atom stereocenters. The number of esters is 1. The molecule has 3 nitrogen and oxygen atoms in total. The fraction of sp³-hybridized carbons (Fsp3) is 0.562. The molecule has 0 spiro atoms. The Balaban J connectivity index is 2.50. The van der Waals surface area contributed by atoms with Crippen molar-refractivity contribution in [1.82, 2.24) is 5.32 Å². The summed E-state index contributed by atoms with van der Waals surface area (Å²) >= 11 is 1.80. The first-order valence-corrected chi connectivity index (χ1v) is 8.08. The molecule has 0 heterocycles. The molecule has 0 radical (unpaired) electrons. The molecule has 1 unspecified atom stereocenters. The van der Waals surface area contributed by atoms with E-state index in [0.29, 0.717) is 0 Å². The van der Waals surface area contributed by atoms with Gasteiger partial charge in [0, 0.05) is 10.6 Å². The maximum atomic E-state index is 11.7. The molecule has 1 aromatic rings. The van der Waals surface area contributed by atoms with Gasteiger partial charge in [-0.15, -0.1) is 11.8 Å². The number of hydrogen-bond acceptors (Lipinski definition) is 4. The van der Waals surface area contributed by atoms with Crippen LogP contribution in [0.4, 0.5) is 0 Å². The van der Waals surface area contributed by atoms with Crippen LogP contribution in [-0.4, -0.2) is 31.4 Å². The Labute approximate surface area is 126 Å². The number of benzene rings is 1. The van der Waals surface area contributed by atoms with E-state index in [-0.39, 0.29) is 12.0 Å². The van der Waals surface area contributed by atoms with Crippen LogP contribution >= 0.6 is 11.8 Å². The molecule has 0 amide bonds. The van der Waals surface area contributed by atoms with E-state index in [2.05, 4.69) is 44.3 Å². The zero-order valence-electron chi connectivity index (χ0n) is 12.9. The maximum Gasteiger partial charge on any atom is 0.322 e. The van der Waals surface area contributed by atoms with Gasteiger partial charge in [-0.05, 0) is 44.9 Å². The second kappa shape index (κ2) is 9.03. The minimum atomic E-state index is -0.197. The van der Waals surface area contributed by atoms with Crippen molar-refractivity contribution in [2.24, 2.45) is 0 Å². The van der Waals surface area contributed by atoms with Crippen LogP contribution in [0.2, 0.25) is 0 Å². The van der Waals surface area contributed by atoms with Gasteiger partial charge < -0.3 is 10.1 Å². The number of thioether (sulfide) groups is 1. The van der Waals surface area contributed by atoms with E-state index in [4.69, 9.17) is 4.74 Å². The predicted octanol–water partition coefficient (Wildman–Crippen LogP) is 3.33. The van der Waals surface area contributed by atoms with Crippen LogP contribution in [0.15, 0.2) is 23.1 Å².